The van der Waals surface area contributed by atoms with Gasteiger partial charge in [0, 0.05) is 25.2 Å². The Kier molecular flexibility index (Phi) is 9.36. The third-order valence-corrected chi connectivity index (χ3v) is 7.37. The molecule has 2 fully saturated rings. The van der Waals surface area contributed by atoms with E-state index in [0.29, 0.717) is 13.1 Å². The van der Waals surface area contributed by atoms with E-state index in [2.05, 4.69) is 5.32 Å². The van der Waals surface area contributed by atoms with Gasteiger partial charge in [-0.3, -0.25) is 9.59 Å². The lowest BCUT2D eigenvalue weighted by molar-refractivity contribution is -0.152. The van der Waals surface area contributed by atoms with Crippen LogP contribution in [0.1, 0.15) is 56.9 Å². The number of ether oxygens (including phenoxy) is 1. The molecule has 194 valence electrons. The predicted octanol–water partition coefficient (Wildman–Crippen LogP) is 3.66. The van der Waals surface area contributed by atoms with Crippen molar-refractivity contribution in [2.45, 2.75) is 70.1 Å². The molecule has 2 aliphatic rings. The molecule has 1 heterocycles. The summed E-state index contributed by atoms with van der Waals surface area (Å²) >= 11 is 0. The maximum atomic E-state index is 12.3. The summed E-state index contributed by atoms with van der Waals surface area (Å²) in [4.78, 5) is 26.0. The number of hydrogen-bond acceptors (Lipinski definition) is 5. The minimum absolute atomic E-state index is 0.181. The summed E-state index contributed by atoms with van der Waals surface area (Å²) in [6, 6.07) is 15.8. The summed E-state index contributed by atoms with van der Waals surface area (Å²) < 4.78 is 6.17. The summed E-state index contributed by atoms with van der Waals surface area (Å²) in [6.07, 6.45) is 5.95. The van der Waals surface area contributed by atoms with E-state index in [9.17, 15) is 19.8 Å². The average molecular weight is 495 g/mol. The number of hydrogen-bond donors (Lipinski definition) is 3. The fourth-order valence-corrected chi connectivity index (χ4v) is 5.14. The SMILES string of the molecule is O=C(NCc1ccc(-c2ccccc2OCCC2CCCCC2)cc1)[C@H](O)[C@@H](O)C(=O)N1CCCC1. The number of nitrogens with one attached hydrogen (secondary N) is 1. The fraction of sp³-hybridized carbons (Fsp3) is 0.517. The van der Waals surface area contributed by atoms with Gasteiger partial charge in [-0.1, -0.05) is 74.6 Å². The molecule has 1 aliphatic heterocycles. The molecule has 1 aliphatic carbocycles. The summed E-state index contributed by atoms with van der Waals surface area (Å²) in [7, 11) is 0. The lowest BCUT2D eigenvalue weighted by Gasteiger charge is -2.22. The molecule has 2 atom stereocenters. The van der Waals surface area contributed by atoms with Crippen LogP contribution >= 0.6 is 0 Å². The van der Waals surface area contributed by atoms with E-state index in [4.69, 9.17) is 4.74 Å². The monoisotopic (exact) mass is 494 g/mol. The standard InChI is InChI=1S/C29H38N2O5/c32-26(27(33)29(35)31-17-6-7-18-31)28(34)30-20-22-12-14-23(15-13-22)24-10-4-5-11-25(24)36-19-16-21-8-2-1-3-9-21/h4-5,10-15,21,26-27,32-33H,1-3,6-9,16-20H2,(H,30,34)/t26-,27-/m1/s1. The largest absolute Gasteiger partial charge is 0.493 e. The number of para-hydroxylation sites is 1. The molecule has 0 spiro atoms. The predicted molar refractivity (Wildman–Crippen MR) is 138 cm³/mol. The average Bonchev–Trinajstić information content (AvgIpc) is 3.47. The summed E-state index contributed by atoms with van der Waals surface area (Å²) in [5.41, 5.74) is 2.89. The van der Waals surface area contributed by atoms with Gasteiger partial charge in [-0.2, -0.15) is 0 Å². The molecule has 36 heavy (non-hydrogen) atoms. The van der Waals surface area contributed by atoms with E-state index in [0.717, 1.165) is 54.2 Å². The molecule has 2 aromatic carbocycles. The molecular weight excluding hydrogens is 456 g/mol. The summed E-state index contributed by atoms with van der Waals surface area (Å²) in [6.45, 7) is 2.00. The zero-order valence-corrected chi connectivity index (χ0v) is 20.9. The van der Waals surface area contributed by atoms with Crippen molar-refractivity contribution in [2.24, 2.45) is 5.92 Å². The van der Waals surface area contributed by atoms with E-state index in [-0.39, 0.29) is 6.54 Å². The van der Waals surface area contributed by atoms with Crippen molar-refractivity contribution in [3.05, 3.63) is 54.1 Å². The molecule has 7 nitrogen and oxygen atoms in total. The van der Waals surface area contributed by atoms with E-state index < -0.39 is 24.0 Å². The zero-order valence-electron chi connectivity index (χ0n) is 20.9. The van der Waals surface area contributed by atoms with Gasteiger partial charge in [-0.15, -0.1) is 0 Å². The molecular formula is C29H38N2O5. The first-order valence-corrected chi connectivity index (χ1v) is 13.3. The fourth-order valence-electron chi connectivity index (χ4n) is 5.14. The minimum Gasteiger partial charge on any atom is -0.493 e. The molecule has 2 amide bonds. The second kappa shape index (κ2) is 12.9. The highest BCUT2D eigenvalue weighted by molar-refractivity contribution is 5.90. The Morgan fingerprint density at radius 2 is 1.61 bits per heavy atom. The quantitative estimate of drug-likeness (QED) is 0.468. The summed E-state index contributed by atoms with van der Waals surface area (Å²) in [5, 5.41) is 22.9. The molecule has 7 heteroatoms. The Balaban J connectivity index is 1.29. The second-order valence-electron chi connectivity index (χ2n) is 9.97. The Morgan fingerprint density at radius 3 is 2.33 bits per heavy atom. The van der Waals surface area contributed by atoms with Crippen LogP contribution in [0.5, 0.6) is 5.75 Å². The van der Waals surface area contributed by atoms with Crippen LogP contribution in [0.15, 0.2) is 48.5 Å². The highest BCUT2D eigenvalue weighted by Gasteiger charge is 2.34. The first-order chi connectivity index (χ1) is 17.5. The first-order valence-electron chi connectivity index (χ1n) is 13.3. The number of benzene rings is 2. The van der Waals surface area contributed by atoms with Crippen molar-refractivity contribution in [3.63, 3.8) is 0 Å². The molecule has 2 aromatic rings. The molecule has 0 aromatic heterocycles. The van der Waals surface area contributed by atoms with E-state index >= 15 is 0 Å². The molecule has 0 unspecified atom stereocenters. The van der Waals surface area contributed by atoms with Gasteiger partial charge in [0.15, 0.2) is 12.2 Å². The van der Waals surface area contributed by atoms with Gasteiger partial charge >= 0.3 is 0 Å². The van der Waals surface area contributed by atoms with E-state index in [1.807, 2.05) is 48.5 Å². The number of amides is 2. The maximum absolute atomic E-state index is 12.3. The number of carbonyl (C=O) groups excluding carboxylic acids is 2. The molecule has 1 saturated carbocycles. The topological polar surface area (TPSA) is 99.1 Å². The second-order valence-corrected chi connectivity index (χ2v) is 9.97. The van der Waals surface area contributed by atoms with Crippen molar-refractivity contribution in [3.8, 4) is 16.9 Å². The van der Waals surface area contributed by atoms with Crippen molar-refractivity contribution in [1.29, 1.82) is 0 Å². The highest BCUT2D eigenvalue weighted by Crippen LogP contribution is 2.31. The summed E-state index contributed by atoms with van der Waals surface area (Å²) in [5.74, 6) is 0.280. The lowest BCUT2D eigenvalue weighted by atomic mass is 9.87. The minimum atomic E-state index is -1.80. The number of carbonyl (C=O) groups is 2. The number of aliphatic hydroxyl groups excluding tert-OH is 2. The van der Waals surface area contributed by atoms with Crippen LogP contribution in [0.25, 0.3) is 11.1 Å². The molecule has 1 saturated heterocycles. The van der Waals surface area contributed by atoms with Gasteiger partial charge in [0.05, 0.1) is 6.61 Å². The Morgan fingerprint density at radius 1 is 0.917 bits per heavy atom. The van der Waals surface area contributed by atoms with Crippen LogP contribution in [0.2, 0.25) is 0 Å². The van der Waals surface area contributed by atoms with Gasteiger partial charge in [-0.25, -0.2) is 0 Å². The Labute approximate surface area is 213 Å². The third kappa shape index (κ3) is 6.86. The zero-order chi connectivity index (χ0) is 25.3. The van der Waals surface area contributed by atoms with Crippen LogP contribution in [-0.2, 0) is 16.1 Å². The Bertz CT molecular complexity index is 997. The number of rotatable bonds is 10. The molecule has 3 N–H and O–H groups in total. The molecule has 0 bridgehead atoms. The third-order valence-electron chi connectivity index (χ3n) is 7.37. The van der Waals surface area contributed by atoms with Crippen molar-refractivity contribution < 1.29 is 24.5 Å². The van der Waals surface area contributed by atoms with Crippen LogP contribution in [-0.4, -0.2) is 58.8 Å². The first kappa shape index (κ1) is 26.2. The lowest BCUT2D eigenvalue weighted by Crippen LogP contribution is -2.50. The van der Waals surface area contributed by atoms with Gasteiger partial charge in [-0.05, 0) is 42.4 Å². The van der Waals surface area contributed by atoms with E-state index in [1.54, 1.807) is 0 Å². The number of nitrogens with zero attached hydrogens (tertiary/aromatic N) is 1. The van der Waals surface area contributed by atoms with Crippen LogP contribution < -0.4 is 10.1 Å². The van der Waals surface area contributed by atoms with Crippen LogP contribution in [0, 0.1) is 5.92 Å². The number of likely N-dealkylation sites (tertiary alicyclic amines) is 1. The smallest absolute Gasteiger partial charge is 0.254 e. The normalized spacial score (nSPS) is 18.0. The van der Waals surface area contributed by atoms with Crippen molar-refractivity contribution >= 4 is 11.8 Å². The maximum Gasteiger partial charge on any atom is 0.254 e. The molecule has 0 radical (unpaired) electrons. The van der Waals surface area contributed by atoms with Crippen LogP contribution in [0.3, 0.4) is 0 Å². The van der Waals surface area contributed by atoms with Crippen molar-refractivity contribution in [1.82, 2.24) is 10.2 Å². The van der Waals surface area contributed by atoms with Crippen molar-refractivity contribution in [2.75, 3.05) is 19.7 Å². The molecule has 4 rings (SSSR count). The van der Waals surface area contributed by atoms with Gasteiger partial charge < -0.3 is 25.2 Å². The van der Waals surface area contributed by atoms with Crippen LogP contribution in [0.4, 0.5) is 0 Å². The Hall–Kier alpha value is -2.90. The number of aliphatic hydroxyl groups is 2. The van der Waals surface area contributed by atoms with E-state index in [1.165, 1.54) is 37.0 Å². The highest BCUT2D eigenvalue weighted by atomic mass is 16.5. The van der Waals surface area contributed by atoms with Gasteiger partial charge in [0.25, 0.3) is 11.8 Å². The van der Waals surface area contributed by atoms with Gasteiger partial charge in [0.1, 0.15) is 5.75 Å². The van der Waals surface area contributed by atoms with Gasteiger partial charge in [0.2, 0.25) is 0 Å².